The number of ether oxygens (including phenoxy) is 2. The third-order valence-electron chi connectivity index (χ3n) is 12.3. The van der Waals surface area contributed by atoms with Crippen LogP contribution in [0.3, 0.4) is 0 Å². The molecule has 0 aromatic heterocycles. The fourth-order valence-corrected chi connectivity index (χ4v) is 9.33. The van der Waals surface area contributed by atoms with Crippen LogP contribution in [-0.2, 0) is 12.8 Å². The second-order valence-electron chi connectivity index (χ2n) is 16.3. The fourth-order valence-electron chi connectivity index (χ4n) is 9.33. The first-order chi connectivity index (χ1) is 25.9. The molecular weight excluding hydrogens is 663 g/mol. The maximum atomic E-state index is 6.86. The molecule has 2 aromatic rings. The Hall–Kier alpha value is -3.16. The molecule has 0 saturated carbocycles. The highest BCUT2D eigenvalue weighted by molar-refractivity contribution is 5.77. The minimum atomic E-state index is -0.0273. The van der Waals surface area contributed by atoms with Crippen LogP contribution in [0.15, 0.2) is 36.4 Å². The first-order valence-corrected chi connectivity index (χ1v) is 20.6. The van der Waals surface area contributed by atoms with E-state index in [2.05, 4.69) is 105 Å². The van der Waals surface area contributed by atoms with Gasteiger partial charge in [-0.1, -0.05) is 19.1 Å². The Morgan fingerprint density at radius 1 is 0.774 bits per heavy atom. The van der Waals surface area contributed by atoms with E-state index in [4.69, 9.17) is 9.47 Å². The highest BCUT2D eigenvalue weighted by atomic mass is 16.5. The van der Waals surface area contributed by atoms with E-state index >= 15 is 0 Å². The molecule has 8 atom stereocenters. The van der Waals surface area contributed by atoms with Gasteiger partial charge < -0.3 is 41.4 Å². The van der Waals surface area contributed by atoms with E-state index < -0.39 is 0 Å². The summed E-state index contributed by atoms with van der Waals surface area (Å²) >= 11 is 0. The number of benzene rings is 2. The van der Waals surface area contributed by atoms with Crippen molar-refractivity contribution in [1.82, 2.24) is 37.2 Å². The molecule has 0 amide bonds. The van der Waals surface area contributed by atoms with Gasteiger partial charge in [0.1, 0.15) is 23.9 Å². The topological polar surface area (TPSA) is 127 Å². The Labute approximate surface area is 316 Å². The molecule has 288 valence electrons. The molecule has 6 heterocycles. The Kier molecular flexibility index (Phi) is 11.6. The molecule has 6 aliphatic heterocycles. The number of allylic oxidation sites excluding steroid dienone is 2. The lowest BCUT2D eigenvalue weighted by Crippen LogP contribution is -2.67. The van der Waals surface area contributed by atoms with Gasteiger partial charge in [-0.3, -0.25) is 16.0 Å². The van der Waals surface area contributed by atoms with Crippen molar-refractivity contribution in [1.29, 1.82) is 0 Å². The summed E-state index contributed by atoms with van der Waals surface area (Å²) in [5.41, 5.74) is 10.2. The molecule has 9 N–H and O–H groups in total. The highest BCUT2D eigenvalue weighted by Gasteiger charge is 2.33. The molecule has 0 aliphatic carbocycles. The second kappa shape index (κ2) is 16.7. The van der Waals surface area contributed by atoms with Gasteiger partial charge in [0.15, 0.2) is 0 Å². The summed E-state index contributed by atoms with van der Waals surface area (Å²) in [4.78, 5) is 0. The van der Waals surface area contributed by atoms with E-state index in [9.17, 15) is 0 Å². The van der Waals surface area contributed by atoms with E-state index in [-0.39, 0.29) is 24.7 Å². The minimum Gasteiger partial charge on any atom is -0.492 e. The van der Waals surface area contributed by atoms with E-state index in [1.54, 1.807) is 0 Å². The third-order valence-corrected chi connectivity index (χ3v) is 12.3. The van der Waals surface area contributed by atoms with E-state index in [0.717, 1.165) is 108 Å². The standard InChI is InChI=1S/C42H63N9O2/c1-25-17-32(23-38(47-25)49-33-18-30-11-16-52-39(30)36(21-33)28-7-5-12-44-14-9-28)46-24-35-20-31-19-34(50-42-48-27(3)26(2)41(43-4)51-42)22-37(40(31)53-35)29-8-6-13-45-15-10-29/h9-10,18-19,21-22,25-27,32,35,38,41-51H,5-8,11-17,20,23-24H2,1-4H3. The van der Waals surface area contributed by atoms with Crippen LogP contribution in [0.2, 0.25) is 0 Å². The molecule has 6 aliphatic rings. The van der Waals surface area contributed by atoms with E-state index in [1.807, 2.05) is 7.05 Å². The number of hydrogen-bond donors (Lipinski definition) is 9. The van der Waals surface area contributed by atoms with Crippen molar-refractivity contribution in [3.63, 3.8) is 0 Å². The summed E-state index contributed by atoms with van der Waals surface area (Å²) in [5.74, 6) is 2.64. The molecule has 0 bridgehead atoms. The SMILES string of the molecule is CNC1NC(Nc2cc3c(c(C4=CCNCCC4)c2)OC(CNC2CC(C)NC(Nc4cc5c(c(C6=CCNCCC6)c4)OCC5)C2)C3)NC(C)C1C. The Morgan fingerprint density at radius 2 is 1.49 bits per heavy atom. The smallest absolute Gasteiger partial charge is 0.133 e. The average molecular weight is 726 g/mol. The molecule has 2 fully saturated rings. The van der Waals surface area contributed by atoms with Gasteiger partial charge in [0.2, 0.25) is 0 Å². The quantitative estimate of drug-likeness (QED) is 0.176. The summed E-state index contributed by atoms with van der Waals surface area (Å²) in [6, 6.07) is 10.5. The molecule has 0 spiro atoms. The largest absolute Gasteiger partial charge is 0.492 e. The van der Waals surface area contributed by atoms with E-state index in [1.165, 1.54) is 39.1 Å². The van der Waals surface area contributed by atoms with Gasteiger partial charge in [0.05, 0.1) is 18.9 Å². The van der Waals surface area contributed by atoms with E-state index in [0.29, 0.717) is 24.0 Å². The highest BCUT2D eigenvalue weighted by Crippen LogP contribution is 2.41. The van der Waals surface area contributed by atoms with Crippen molar-refractivity contribution in [2.45, 2.75) is 115 Å². The summed E-state index contributed by atoms with van der Waals surface area (Å²) < 4.78 is 13.0. The molecule has 53 heavy (non-hydrogen) atoms. The number of anilines is 2. The molecule has 11 heteroatoms. The van der Waals surface area contributed by atoms with Gasteiger partial charge >= 0.3 is 0 Å². The van der Waals surface area contributed by atoms with Crippen LogP contribution >= 0.6 is 0 Å². The van der Waals surface area contributed by atoms with Crippen LogP contribution in [-0.4, -0.2) is 89.2 Å². The molecule has 11 nitrogen and oxygen atoms in total. The summed E-state index contributed by atoms with van der Waals surface area (Å²) in [6.07, 6.45) is 13.6. The maximum absolute atomic E-state index is 6.86. The number of nitrogens with one attached hydrogen (secondary N) is 9. The molecule has 8 unspecified atom stereocenters. The van der Waals surface area contributed by atoms with Gasteiger partial charge in [0.25, 0.3) is 0 Å². The van der Waals surface area contributed by atoms with Crippen LogP contribution in [0.5, 0.6) is 11.5 Å². The van der Waals surface area contributed by atoms with Crippen molar-refractivity contribution >= 4 is 22.5 Å². The first-order valence-electron chi connectivity index (χ1n) is 20.6. The number of hydrogen-bond acceptors (Lipinski definition) is 11. The van der Waals surface area contributed by atoms with Crippen LogP contribution in [0, 0.1) is 5.92 Å². The number of fused-ring (bicyclic) bond motifs is 2. The summed E-state index contributed by atoms with van der Waals surface area (Å²) in [6.45, 7) is 12.4. The Bertz CT molecular complexity index is 1660. The van der Waals surface area contributed by atoms with Crippen molar-refractivity contribution < 1.29 is 9.47 Å². The summed E-state index contributed by atoms with van der Waals surface area (Å²) in [5, 5.41) is 33.4. The Balaban J connectivity index is 0.936. The molecule has 8 rings (SSSR count). The van der Waals surface area contributed by atoms with Crippen molar-refractivity contribution in [2.24, 2.45) is 5.92 Å². The van der Waals surface area contributed by atoms with Crippen LogP contribution < -0.4 is 57.3 Å². The predicted octanol–water partition coefficient (Wildman–Crippen LogP) is 4.09. The second-order valence-corrected chi connectivity index (χ2v) is 16.3. The zero-order chi connectivity index (χ0) is 36.3. The monoisotopic (exact) mass is 726 g/mol. The predicted molar refractivity (Wildman–Crippen MR) is 217 cm³/mol. The van der Waals surface area contributed by atoms with Crippen molar-refractivity contribution in [3.05, 3.63) is 58.7 Å². The average Bonchev–Trinajstić information content (AvgIpc) is 3.56. The zero-order valence-electron chi connectivity index (χ0n) is 32.3. The van der Waals surface area contributed by atoms with Crippen LogP contribution in [0.1, 0.15) is 81.5 Å². The molecular formula is C42H63N9O2. The van der Waals surface area contributed by atoms with Crippen molar-refractivity contribution in [3.8, 4) is 11.5 Å². The van der Waals surface area contributed by atoms with Gasteiger partial charge in [-0.25, -0.2) is 0 Å². The molecule has 2 saturated heterocycles. The van der Waals surface area contributed by atoms with Gasteiger partial charge in [-0.15, -0.1) is 0 Å². The number of rotatable bonds is 10. The number of piperidine rings is 1. The minimum absolute atomic E-state index is 0.0273. The summed E-state index contributed by atoms with van der Waals surface area (Å²) in [7, 11) is 2.03. The Morgan fingerprint density at radius 3 is 2.25 bits per heavy atom. The van der Waals surface area contributed by atoms with Gasteiger partial charge in [-0.05, 0) is 114 Å². The lowest BCUT2D eigenvalue weighted by molar-refractivity contribution is 0.176. The van der Waals surface area contributed by atoms with Crippen molar-refractivity contribution in [2.75, 3.05) is 57.0 Å². The zero-order valence-corrected chi connectivity index (χ0v) is 32.3. The fraction of sp³-hybridized carbons (Fsp3) is 0.619. The normalized spacial score (nSPS) is 31.5. The lowest BCUT2D eigenvalue weighted by Gasteiger charge is -2.41. The molecule has 2 aromatic carbocycles. The van der Waals surface area contributed by atoms with Gasteiger partial charge in [0, 0.05) is 84.2 Å². The first kappa shape index (κ1) is 36.8. The third kappa shape index (κ3) is 8.57. The lowest BCUT2D eigenvalue weighted by atomic mass is 9.95. The maximum Gasteiger partial charge on any atom is 0.133 e. The van der Waals surface area contributed by atoms with Crippen LogP contribution in [0.4, 0.5) is 11.4 Å². The molecule has 0 radical (unpaired) electrons. The van der Waals surface area contributed by atoms with Crippen LogP contribution in [0.25, 0.3) is 11.1 Å². The van der Waals surface area contributed by atoms with Gasteiger partial charge in [-0.2, -0.15) is 0 Å².